The molecule has 1 aromatic carbocycles. The van der Waals surface area contributed by atoms with E-state index in [1.807, 2.05) is 14.0 Å². The summed E-state index contributed by atoms with van der Waals surface area (Å²) in [6.45, 7) is 10.4. The van der Waals surface area contributed by atoms with E-state index in [0.29, 0.717) is 17.5 Å². The number of nitrogens with one attached hydrogen (secondary N) is 1. The summed E-state index contributed by atoms with van der Waals surface area (Å²) in [5.74, 6) is -2.40. The molecule has 0 saturated heterocycles. The number of phenolic OH excluding ortho intramolecular Hbond substituents is 1. The second kappa shape index (κ2) is 11.0. The van der Waals surface area contributed by atoms with Crippen molar-refractivity contribution in [3.63, 3.8) is 0 Å². The van der Waals surface area contributed by atoms with Gasteiger partial charge in [-0.05, 0) is 49.5 Å². The van der Waals surface area contributed by atoms with E-state index in [1.54, 1.807) is 6.07 Å². The Labute approximate surface area is 187 Å². The smallest absolute Gasteiger partial charge is 0.270 e. The number of phenols is 1. The number of hydrogen-bond acceptors (Lipinski definition) is 3. The Morgan fingerprint density at radius 1 is 1.26 bits per heavy atom. The maximum Gasteiger partial charge on any atom is 0.270 e. The molecule has 2 N–H and O–H groups in total. The first-order valence-electron chi connectivity index (χ1n) is 11.7. The van der Waals surface area contributed by atoms with Gasteiger partial charge in [0.2, 0.25) is 0 Å². The summed E-state index contributed by atoms with van der Waals surface area (Å²) < 4.78 is 27.3. The van der Waals surface area contributed by atoms with Crippen molar-refractivity contribution in [3.8, 4) is 5.75 Å². The van der Waals surface area contributed by atoms with Crippen molar-refractivity contribution in [1.29, 1.82) is 0 Å². The molecule has 174 valence electrons. The maximum atomic E-state index is 13.7. The summed E-state index contributed by atoms with van der Waals surface area (Å²) in [5, 5.41) is 14.3. The monoisotopic (exact) mass is 434 g/mol. The molecule has 0 spiro atoms. The molecule has 5 heteroatoms. The third kappa shape index (κ3) is 6.98. The Kier molecular flexibility index (Phi) is 8.96. The third-order valence-corrected chi connectivity index (χ3v) is 6.30. The van der Waals surface area contributed by atoms with Gasteiger partial charge < -0.3 is 15.3 Å². The van der Waals surface area contributed by atoms with Gasteiger partial charge in [0.05, 0.1) is 5.70 Å². The number of rotatable bonds is 10. The first kappa shape index (κ1) is 25.2. The number of aromatic hydroxyl groups is 1. The summed E-state index contributed by atoms with van der Waals surface area (Å²) in [5.41, 5.74) is 3.52. The largest absolute Gasteiger partial charge is 0.507 e. The molecule has 0 saturated carbocycles. The zero-order chi connectivity index (χ0) is 23.2. The first-order valence-corrected chi connectivity index (χ1v) is 11.7. The number of alkyl halides is 2. The molecule has 3 nitrogen and oxygen atoms in total. The van der Waals surface area contributed by atoms with Crippen molar-refractivity contribution in [1.82, 2.24) is 10.2 Å². The summed E-state index contributed by atoms with van der Waals surface area (Å²) in [6.07, 6.45) is 8.95. The molecule has 2 unspecified atom stereocenters. The van der Waals surface area contributed by atoms with Crippen molar-refractivity contribution >= 4 is 5.70 Å². The molecular formula is C26H40F2N2O. The molecule has 0 aliphatic carbocycles. The van der Waals surface area contributed by atoms with E-state index in [2.05, 4.69) is 37.1 Å². The lowest BCUT2D eigenvalue weighted by Crippen LogP contribution is -2.31. The summed E-state index contributed by atoms with van der Waals surface area (Å²) in [6, 6.07) is 4.66. The number of benzene rings is 1. The molecule has 1 aromatic rings. The summed E-state index contributed by atoms with van der Waals surface area (Å²) in [7, 11) is 1.99. The number of allylic oxidation sites excluding steroid dienone is 2. The maximum absolute atomic E-state index is 13.7. The Balaban J connectivity index is 2.32. The molecule has 0 radical (unpaired) electrons. The van der Waals surface area contributed by atoms with E-state index in [1.165, 1.54) is 37.1 Å². The Morgan fingerprint density at radius 3 is 2.55 bits per heavy atom. The van der Waals surface area contributed by atoms with Crippen molar-refractivity contribution in [2.24, 2.45) is 5.92 Å². The van der Waals surface area contributed by atoms with Gasteiger partial charge in [0, 0.05) is 49.8 Å². The Hall–Kier alpha value is -2.04. The van der Waals surface area contributed by atoms with E-state index >= 15 is 0 Å². The van der Waals surface area contributed by atoms with Crippen molar-refractivity contribution in [3.05, 3.63) is 46.7 Å². The average Bonchev–Trinajstić information content (AvgIpc) is 2.83. The van der Waals surface area contributed by atoms with Gasteiger partial charge in [0.15, 0.2) is 0 Å². The zero-order valence-electron chi connectivity index (χ0n) is 20.1. The van der Waals surface area contributed by atoms with Crippen molar-refractivity contribution in [2.75, 3.05) is 13.6 Å². The highest BCUT2D eigenvalue weighted by atomic mass is 19.3. The first-order chi connectivity index (χ1) is 14.6. The number of unbranched alkanes of at least 4 members (excludes halogenated alkanes) is 1. The fourth-order valence-electron chi connectivity index (χ4n) is 4.25. The van der Waals surface area contributed by atoms with Crippen LogP contribution in [0.3, 0.4) is 0 Å². The molecule has 2 atom stereocenters. The topological polar surface area (TPSA) is 35.5 Å². The van der Waals surface area contributed by atoms with E-state index in [9.17, 15) is 13.9 Å². The van der Waals surface area contributed by atoms with Crippen LogP contribution >= 0.6 is 0 Å². The highest BCUT2D eigenvalue weighted by Gasteiger charge is 2.27. The van der Waals surface area contributed by atoms with Gasteiger partial charge in [-0.1, -0.05) is 46.1 Å². The normalized spacial score (nSPS) is 17.3. The van der Waals surface area contributed by atoms with Crippen LogP contribution in [0.2, 0.25) is 0 Å². The van der Waals surface area contributed by atoms with Crippen LogP contribution in [-0.2, 0) is 5.92 Å². The SMILES string of the molecule is CCCCC(CC(C)CC)NC1=CC(C)=C(c2ccc(C(C)(F)F)cc2O)N(C)CC1. The van der Waals surface area contributed by atoms with Crippen LogP contribution in [-0.4, -0.2) is 29.6 Å². The van der Waals surface area contributed by atoms with Gasteiger partial charge in [0.25, 0.3) is 5.92 Å². The van der Waals surface area contributed by atoms with Gasteiger partial charge in [-0.3, -0.25) is 0 Å². The number of nitrogens with zero attached hydrogens (tertiary/aromatic N) is 1. The van der Waals surface area contributed by atoms with Gasteiger partial charge in [0.1, 0.15) is 5.75 Å². The predicted octanol–water partition coefficient (Wildman–Crippen LogP) is 7.04. The lowest BCUT2D eigenvalue weighted by molar-refractivity contribution is 0.0172. The van der Waals surface area contributed by atoms with E-state index in [0.717, 1.165) is 44.0 Å². The van der Waals surface area contributed by atoms with Crippen LogP contribution in [0, 0.1) is 5.92 Å². The van der Waals surface area contributed by atoms with Crippen LogP contribution < -0.4 is 5.32 Å². The number of hydrogen-bond donors (Lipinski definition) is 2. The molecule has 0 bridgehead atoms. The molecule has 2 rings (SSSR count). The minimum atomic E-state index is -2.98. The van der Waals surface area contributed by atoms with Crippen LogP contribution in [0.4, 0.5) is 8.78 Å². The fraction of sp³-hybridized carbons (Fsp3) is 0.615. The Bertz CT molecular complexity index is 795. The highest BCUT2D eigenvalue weighted by Crippen LogP contribution is 2.36. The molecule has 1 aliphatic rings. The summed E-state index contributed by atoms with van der Waals surface area (Å²) in [4.78, 5) is 2.11. The fourth-order valence-corrected chi connectivity index (χ4v) is 4.25. The van der Waals surface area contributed by atoms with Crippen LogP contribution in [0.25, 0.3) is 5.70 Å². The standard InChI is InChI=1S/C26H40F2N2O/c1-7-9-10-21(15-18(3)8-2)29-22-13-14-30(6)25(19(4)16-22)23-12-11-20(17-24(23)31)26(5,27)28/h11-12,16-18,21,29,31H,7-10,13-15H2,1-6H3. The minimum absolute atomic E-state index is 0.109. The minimum Gasteiger partial charge on any atom is -0.507 e. The van der Waals surface area contributed by atoms with Crippen molar-refractivity contribution in [2.45, 2.75) is 85.1 Å². The van der Waals surface area contributed by atoms with Crippen LogP contribution in [0.15, 0.2) is 35.5 Å². The highest BCUT2D eigenvalue weighted by molar-refractivity contribution is 5.74. The number of halogens is 2. The predicted molar refractivity (Wildman–Crippen MR) is 126 cm³/mol. The molecular weight excluding hydrogens is 394 g/mol. The average molecular weight is 435 g/mol. The van der Waals surface area contributed by atoms with E-state index in [4.69, 9.17) is 0 Å². The lowest BCUT2D eigenvalue weighted by atomic mass is 9.95. The van der Waals surface area contributed by atoms with Gasteiger partial charge in [-0.2, -0.15) is 0 Å². The second-order valence-electron chi connectivity index (χ2n) is 9.23. The zero-order valence-corrected chi connectivity index (χ0v) is 20.1. The van der Waals surface area contributed by atoms with E-state index < -0.39 is 5.92 Å². The van der Waals surface area contributed by atoms with Crippen molar-refractivity contribution < 1.29 is 13.9 Å². The van der Waals surface area contributed by atoms with Gasteiger partial charge in [-0.25, -0.2) is 8.78 Å². The Morgan fingerprint density at radius 2 is 1.97 bits per heavy atom. The second-order valence-corrected chi connectivity index (χ2v) is 9.23. The van der Waals surface area contributed by atoms with E-state index in [-0.39, 0.29) is 11.3 Å². The van der Waals surface area contributed by atoms with Crippen LogP contribution in [0.5, 0.6) is 5.75 Å². The molecule has 1 aliphatic heterocycles. The molecule has 0 amide bonds. The third-order valence-electron chi connectivity index (χ3n) is 6.30. The summed E-state index contributed by atoms with van der Waals surface area (Å²) >= 11 is 0. The van der Waals surface area contributed by atoms with Gasteiger partial charge in [-0.15, -0.1) is 0 Å². The molecule has 0 aromatic heterocycles. The van der Waals surface area contributed by atoms with Crippen LogP contribution in [0.1, 0.15) is 84.3 Å². The lowest BCUT2D eigenvalue weighted by Gasteiger charge is -2.25. The quantitative estimate of drug-likeness (QED) is 0.414. The van der Waals surface area contributed by atoms with Gasteiger partial charge >= 0.3 is 0 Å². The molecule has 31 heavy (non-hydrogen) atoms. The molecule has 1 heterocycles. The molecule has 0 fully saturated rings.